The molecule has 0 fully saturated rings. The fourth-order valence-corrected chi connectivity index (χ4v) is 7.36. The second-order valence-corrected chi connectivity index (χ2v) is 14.8. The lowest BCUT2D eigenvalue weighted by molar-refractivity contribution is -0.275. The van der Waals surface area contributed by atoms with E-state index in [-0.39, 0.29) is 51.6 Å². The molecule has 308 valence electrons. The molecule has 1 N–H and O–H groups in total. The minimum absolute atomic E-state index is 0.00892. The summed E-state index contributed by atoms with van der Waals surface area (Å²) >= 11 is 4.42. The summed E-state index contributed by atoms with van der Waals surface area (Å²) in [5, 5.41) is 18.3. The van der Waals surface area contributed by atoms with Crippen molar-refractivity contribution in [3.8, 4) is 50.3 Å². The molecule has 0 atom stereocenters. The lowest BCUT2D eigenvalue weighted by Crippen LogP contribution is -2.17. The zero-order valence-corrected chi connectivity index (χ0v) is 34.1. The van der Waals surface area contributed by atoms with Crippen LogP contribution in [0.5, 0.6) is 17.2 Å². The smallest absolute Gasteiger partial charge is 0.489 e. The molecule has 3 heterocycles. The first kappa shape index (κ1) is 43.8. The van der Waals surface area contributed by atoms with Crippen LogP contribution in [0.3, 0.4) is 0 Å². The lowest BCUT2D eigenvalue weighted by Gasteiger charge is -2.14. The van der Waals surface area contributed by atoms with Crippen LogP contribution in [0.25, 0.3) is 33.1 Å². The Kier molecular flexibility index (Phi) is 13.6. The van der Waals surface area contributed by atoms with Crippen LogP contribution < -0.4 is 14.2 Å². The number of benzene rings is 3. The molecule has 0 aliphatic heterocycles. The van der Waals surface area contributed by atoms with E-state index < -0.39 is 18.7 Å². The second-order valence-electron chi connectivity index (χ2n) is 13.3. The number of nitrogens with zero attached hydrogens (tertiary/aromatic N) is 3. The maximum atomic E-state index is 13.0. The quantitative estimate of drug-likeness (QED) is 0.0936. The van der Waals surface area contributed by atoms with Crippen LogP contribution in [-0.4, -0.2) is 39.1 Å². The summed E-state index contributed by atoms with van der Waals surface area (Å²) in [6.07, 6.45) is -9.62. The highest BCUT2D eigenvalue weighted by atomic mass is 79.9. The van der Waals surface area contributed by atoms with Crippen molar-refractivity contribution in [3.63, 3.8) is 0 Å². The highest BCUT2D eigenvalue weighted by molar-refractivity contribution is 9.08. The van der Waals surface area contributed by atoms with Gasteiger partial charge in [-0.2, -0.15) is 0 Å². The van der Waals surface area contributed by atoms with Crippen molar-refractivity contribution < 1.29 is 59.5 Å². The largest absolute Gasteiger partial charge is 0.573 e. The number of carboxylic acid groups (broad SMARTS) is 1. The molecule has 6 aromatic rings. The number of ether oxygens (including phenoxy) is 3. The molecule has 3 aromatic heterocycles. The Hall–Kier alpha value is -5.36. The van der Waals surface area contributed by atoms with E-state index in [0.717, 1.165) is 28.0 Å². The van der Waals surface area contributed by atoms with Gasteiger partial charge in [0.15, 0.2) is 0 Å². The van der Waals surface area contributed by atoms with Gasteiger partial charge in [-0.05, 0) is 61.9 Å². The number of halogens is 7. The highest BCUT2D eigenvalue weighted by Crippen LogP contribution is 2.40. The number of alkyl halides is 7. The van der Waals surface area contributed by atoms with Crippen LogP contribution in [0.4, 0.5) is 26.3 Å². The van der Waals surface area contributed by atoms with Crippen molar-refractivity contribution in [1.29, 1.82) is 0 Å². The number of hydrogen-bond acceptors (Lipinski definition) is 10. The number of rotatable bonds is 12. The maximum absolute atomic E-state index is 13.0. The van der Waals surface area contributed by atoms with Crippen LogP contribution in [-0.2, 0) is 11.9 Å². The molecule has 0 bridgehead atoms. The summed E-state index contributed by atoms with van der Waals surface area (Å²) in [5.74, 6) is -0.0874. The Labute approximate surface area is 340 Å². The van der Waals surface area contributed by atoms with Gasteiger partial charge >= 0.3 is 18.7 Å². The van der Waals surface area contributed by atoms with Gasteiger partial charge in [-0.25, -0.2) is 9.78 Å². The summed E-state index contributed by atoms with van der Waals surface area (Å²) in [7, 11) is 0. The van der Waals surface area contributed by atoms with Crippen molar-refractivity contribution in [2.75, 3.05) is 0 Å². The molecule has 0 spiro atoms. The lowest BCUT2D eigenvalue weighted by atomic mass is 10.0. The third kappa shape index (κ3) is 10.6. The van der Waals surface area contributed by atoms with Crippen molar-refractivity contribution >= 4 is 33.2 Å². The van der Waals surface area contributed by atoms with Crippen molar-refractivity contribution in [2.45, 2.75) is 78.0 Å². The molecule has 3 aromatic carbocycles. The topological polar surface area (TPSA) is 130 Å². The van der Waals surface area contributed by atoms with E-state index in [0.29, 0.717) is 44.6 Å². The SMILES string of the molecule is CC(C)c1onc(-c2ccccc2OC(F)(F)F)c1CBr.Cc1cc(OCc2c(-c3ccccc3OC(F)(F)F)noc2C(C)C)ccc1-c1nc(C)c(C(=O)O)s1. The van der Waals surface area contributed by atoms with Gasteiger partial charge in [0.05, 0.1) is 11.3 Å². The van der Waals surface area contributed by atoms with Gasteiger partial charge in [0, 0.05) is 39.4 Å². The third-order valence-corrected chi connectivity index (χ3v) is 10.1. The molecule has 0 unspecified atom stereocenters. The van der Waals surface area contributed by atoms with Crippen LogP contribution in [0, 0.1) is 13.8 Å². The predicted molar refractivity (Wildman–Crippen MR) is 206 cm³/mol. The minimum atomic E-state index is -4.86. The fraction of sp³-hybridized carbons (Fsp3) is 0.300. The number of thiazole rings is 1. The maximum Gasteiger partial charge on any atom is 0.573 e. The van der Waals surface area contributed by atoms with E-state index in [1.165, 1.54) is 36.4 Å². The first-order valence-electron chi connectivity index (χ1n) is 17.5. The van der Waals surface area contributed by atoms with Gasteiger partial charge in [-0.15, -0.1) is 37.7 Å². The molecular formula is C40H36BrF6N3O7S. The normalized spacial score (nSPS) is 11.8. The molecule has 0 saturated heterocycles. The fourth-order valence-electron chi connectivity index (χ4n) is 5.83. The molecule has 58 heavy (non-hydrogen) atoms. The highest BCUT2D eigenvalue weighted by Gasteiger charge is 2.34. The minimum Gasteiger partial charge on any atom is -0.489 e. The van der Waals surface area contributed by atoms with Crippen LogP contribution in [0.1, 0.15) is 83.1 Å². The molecular weight excluding hydrogens is 860 g/mol. The number of aromatic carboxylic acids is 1. The molecule has 0 saturated carbocycles. The number of aromatic nitrogens is 3. The monoisotopic (exact) mass is 895 g/mol. The number of carboxylic acids is 1. The van der Waals surface area contributed by atoms with E-state index >= 15 is 0 Å². The molecule has 6 rings (SSSR count). The first-order valence-corrected chi connectivity index (χ1v) is 19.4. The predicted octanol–water partition coefficient (Wildman–Crippen LogP) is 12.6. The van der Waals surface area contributed by atoms with Crippen molar-refractivity contribution in [3.05, 3.63) is 106 Å². The second kappa shape index (κ2) is 18.1. The summed E-state index contributed by atoms with van der Waals surface area (Å²) in [6, 6.07) is 16.9. The summed E-state index contributed by atoms with van der Waals surface area (Å²) in [5.41, 5.74) is 4.23. The third-order valence-electron chi connectivity index (χ3n) is 8.36. The summed E-state index contributed by atoms with van der Waals surface area (Å²) < 4.78 is 101. The standard InChI is InChI=1S/C26H23F3N2O5S.C14H13BrF3NO2/c1-13(2)22-19(21(31-36-22)18-7-5-6-8-20(18)35-26(27,28)29)12-34-16-9-10-17(14(3)11-16)24-30-15(4)23(37-24)25(32)33;1-8(2)13-10(7-15)12(19-21-13)9-5-3-4-6-11(9)20-14(16,17)18/h5-11,13H,12H2,1-4H3,(H,32,33);3-6,8H,7H2,1-2H3. The first-order chi connectivity index (χ1) is 27.3. The summed E-state index contributed by atoms with van der Waals surface area (Å²) in [6.45, 7) is 11.1. The van der Waals surface area contributed by atoms with Crippen LogP contribution in [0.2, 0.25) is 0 Å². The van der Waals surface area contributed by atoms with E-state index in [1.54, 1.807) is 37.3 Å². The Morgan fingerprint density at radius 3 is 1.72 bits per heavy atom. The van der Waals surface area contributed by atoms with Gasteiger partial charge in [0.2, 0.25) is 0 Å². The van der Waals surface area contributed by atoms with Crippen molar-refractivity contribution in [1.82, 2.24) is 15.3 Å². The van der Waals surface area contributed by atoms with Gasteiger partial charge in [-0.1, -0.05) is 78.2 Å². The van der Waals surface area contributed by atoms with E-state index in [2.05, 4.69) is 40.7 Å². The number of para-hydroxylation sites is 2. The molecule has 0 aliphatic rings. The van der Waals surface area contributed by atoms with E-state index in [4.69, 9.17) is 13.8 Å². The van der Waals surface area contributed by atoms with Gasteiger partial charge < -0.3 is 28.4 Å². The molecule has 0 amide bonds. The van der Waals surface area contributed by atoms with Crippen LogP contribution in [0.15, 0.2) is 75.8 Å². The number of hydrogen-bond donors (Lipinski definition) is 1. The molecule has 10 nitrogen and oxygen atoms in total. The average Bonchev–Trinajstić information content (AvgIpc) is 3.87. The van der Waals surface area contributed by atoms with E-state index in [1.807, 2.05) is 34.6 Å². The number of carbonyl (C=O) groups is 1. The van der Waals surface area contributed by atoms with Crippen molar-refractivity contribution in [2.24, 2.45) is 0 Å². The van der Waals surface area contributed by atoms with Gasteiger partial charge in [0.1, 0.15) is 56.6 Å². The molecule has 18 heteroatoms. The van der Waals surface area contributed by atoms with Gasteiger partial charge in [0.25, 0.3) is 0 Å². The zero-order chi connectivity index (χ0) is 42.5. The summed E-state index contributed by atoms with van der Waals surface area (Å²) in [4.78, 5) is 15.9. The average molecular weight is 897 g/mol. The Balaban J connectivity index is 0.000000258. The Morgan fingerprint density at radius 2 is 1.28 bits per heavy atom. The van der Waals surface area contributed by atoms with Gasteiger partial charge in [-0.3, -0.25) is 0 Å². The molecule has 0 aliphatic carbocycles. The zero-order valence-electron chi connectivity index (χ0n) is 31.7. The Morgan fingerprint density at radius 1 is 0.776 bits per heavy atom. The van der Waals surface area contributed by atoms with Crippen LogP contribution >= 0.6 is 27.3 Å². The molecule has 0 radical (unpaired) electrons. The number of aryl methyl sites for hydroxylation is 2. The van der Waals surface area contributed by atoms with E-state index in [9.17, 15) is 36.2 Å². The Bertz CT molecular complexity index is 2370.